The number of likely N-dealkylation sites (N-methyl/N-ethyl adjacent to an activating group) is 1. The summed E-state index contributed by atoms with van der Waals surface area (Å²) in [5, 5.41) is 44.3. The molecule has 1 amide bonds. The molecule has 0 heterocycles. The van der Waals surface area contributed by atoms with Crippen LogP contribution in [-0.2, 0) is 27.3 Å². The lowest BCUT2D eigenvalue weighted by Gasteiger charge is -2.50. The van der Waals surface area contributed by atoms with Crippen molar-refractivity contribution in [3.63, 3.8) is 0 Å². The van der Waals surface area contributed by atoms with E-state index in [9.17, 15) is 34.8 Å². The van der Waals surface area contributed by atoms with Gasteiger partial charge < -0.3 is 26.2 Å². The van der Waals surface area contributed by atoms with Crippen LogP contribution in [0.4, 0.5) is 4.39 Å². The van der Waals surface area contributed by atoms with Crippen molar-refractivity contribution in [1.29, 1.82) is 0 Å². The Hall–Kier alpha value is -2.70. The number of aliphatic hydroxyl groups excluding tert-OH is 2. The number of fused-ring (bicyclic) bond motifs is 3. The molecule has 3 aliphatic rings. The molecule has 4 atom stereocenters. The van der Waals surface area contributed by atoms with Gasteiger partial charge in [0, 0.05) is 35.2 Å². The zero-order valence-electron chi connectivity index (χ0n) is 22.2. The molecule has 0 aliphatic heterocycles. The maximum absolute atomic E-state index is 15.7. The minimum atomic E-state index is -2.72. The summed E-state index contributed by atoms with van der Waals surface area (Å²) in [6.07, 6.45) is -0.185. The lowest BCUT2D eigenvalue weighted by molar-refractivity contribution is -0.153. The van der Waals surface area contributed by atoms with Crippen molar-refractivity contribution < 1.29 is 39.2 Å². The van der Waals surface area contributed by atoms with Gasteiger partial charge in [0.05, 0.1) is 11.6 Å². The van der Waals surface area contributed by atoms with Gasteiger partial charge in [-0.25, -0.2) is 4.39 Å². The summed E-state index contributed by atoms with van der Waals surface area (Å²) in [4.78, 5) is 42.2. The number of amides is 1. The molecular formula is C26H34Cl2FN3O7. The maximum atomic E-state index is 15.7. The molecule has 1 saturated carbocycles. The van der Waals surface area contributed by atoms with E-state index in [1.165, 1.54) is 25.1 Å². The number of halogens is 3. The predicted octanol–water partition coefficient (Wildman–Crippen LogP) is 1.79. The molecular weight excluding hydrogens is 556 g/mol. The van der Waals surface area contributed by atoms with Crippen LogP contribution in [0, 0.1) is 17.7 Å². The molecule has 1 fully saturated rings. The van der Waals surface area contributed by atoms with Crippen LogP contribution in [0.5, 0.6) is 5.75 Å². The zero-order chi connectivity index (χ0) is 27.7. The standard InChI is InChI=1S/C26H32FN3O7.2ClH/c1-10(2)30(5)9-12-8-15(31)17-13(19(12)27)6-11-7-14-20(29(3)4)22(33)18(25(28)36)24(35)26(14,37)23(34)16(11)21(17)32;;/h8,10-11,14,20,31-32,35,37H,6-7,9H2,1-5H3,(H2,28,36);2*1H/t11-,14-,20-,26-;;/m0../s1. The third-order valence-electron chi connectivity index (χ3n) is 8.03. The first kappa shape index (κ1) is 32.5. The molecule has 6 N–H and O–H groups in total. The number of phenols is 1. The number of nitrogens with two attached hydrogens (primary N) is 1. The van der Waals surface area contributed by atoms with Crippen LogP contribution < -0.4 is 5.73 Å². The van der Waals surface area contributed by atoms with Crippen LogP contribution >= 0.6 is 24.8 Å². The average molecular weight is 590 g/mol. The van der Waals surface area contributed by atoms with Crippen molar-refractivity contribution >= 4 is 48.0 Å². The van der Waals surface area contributed by atoms with E-state index in [1.807, 2.05) is 18.7 Å². The van der Waals surface area contributed by atoms with E-state index in [0.717, 1.165) is 0 Å². The summed E-state index contributed by atoms with van der Waals surface area (Å²) < 4.78 is 15.7. The first-order chi connectivity index (χ1) is 17.1. The molecule has 0 bridgehead atoms. The van der Waals surface area contributed by atoms with Gasteiger partial charge in [-0.05, 0) is 59.8 Å². The molecule has 0 saturated heterocycles. The normalized spacial score (nSPS) is 26.3. The molecule has 0 radical (unpaired) electrons. The van der Waals surface area contributed by atoms with Gasteiger partial charge in [0.25, 0.3) is 5.91 Å². The van der Waals surface area contributed by atoms with E-state index < -0.39 is 69.6 Å². The fourth-order valence-corrected chi connectivity index (χ4v) is 5.91. The van der Waals surface area contributed by atoms with Gasteiger partial charge in [-0.3, -0.25) is 24.2 Å². The molecule has 216 valence electrons. The summed E-state index contributed by atoms with van der Waals surface area (Å²) in [5.74, 6) is -8.24. The number of aromatic hydroxyl groups is 1. The van der Waals surface area contributed by atoms with Gasteiger partial charge in [0.2, 0.25) is 5.78 Å². The van der Waals surface area contributed by atoms with E-state index in [2.05, 4.69) is 0 Å². The van der Waals surface area contributed by atoms with E-state index in [-0.39, 0.29) is 72.5 Å². The average Bonchev–Trinajstić information content (AvgIpc) is 2.78. The number of hydrogen-bond donors (Lipinski definition) is 5. The molecule has 39 heavy (non-hydrogen) atoms. The third kappa shape index (κ3) is 4.70. The summed E-state index contributed by atoms with van der Waals surface area (Å²) in [5.41, 5.74) is 1.37. The van der Waals surface area contributed by atoms with Crippen LogP contribution in [0.25, 0.3) is 5.76 Å². The molecule has 4 rings (SSSR count). The molecule has 13 heteroatoms. The second kappa shape index (κ2) is 11.1. The lowest BCUT2D eigenvalue weighted by Crippen LogP contribution is -2.65. The van der Waals surface area contributed by atoms with Gasteiger partial charge in [0.15, 0.2) is 11.4 Å². The van der Waals surface area contributed by atoms with Crippen molar-refractivity contribution in [2.75, 3.05) is 21.1 Å². The lowest BCUT2D eigenvalue weighted by atomic mass is 9.57. The third-order valence-corrected chi connectivity index (χ3v) is 8.03. The monoisotopic (exact) mass is 589 g/mol. The van der Waals surface area contributed by atoms with Gasteiger partial charge in [-0.2, -0.15) is 0 Å². The number of aliphatic hydroxyl groups is 3. The van der Waals surface area contributed by atoms with Gasteiger partial charge in [-0.1, -0.05) is 0 Å². The molecule has 0 spiro atoms. The Bertz CT molecular complexity index is 1300. The highest BCUT2D eigenvalue weighted by Gasteiger charge is 2.64. The first-order valence-electron chi connectivity index (χ1n) is 12.0. The number of benzene rings is 1. The van der Waals surface area contributed by atoms with Gasteiger partial charge in [-0.15, -0.1) is 24.8 Å². The van der Waals surface area contributed by atoms with E-state index >= 15 is 4.39 Å². The fraction of sp³-hybridized carbons (Fsp3) is 0.500. The fourth-order valence-electron chi connectivity index (χ4n) is 5.91. The zero-order valence-corrected chi connectivity index (χ0v) is 23.8. The van der Waals surface area contributed by atoms with Crippen molar-refractivity contribution in [2.24, 2.45) is 17.6 Å². The Kier molecular flexibility index (Phi) is 9.21. The highest BCUT2D eigenvalue weighted by atomic mass is 35.5. The van der Waals surface area contributed by atoms with E-state index in [0.29, 0.717) is 0 Å². The second-order valence-corrected chi connectivity index (χ2v) is 10.7. The van der Waals surface area contributed by atoms with E-state index in [1.54, 1.807) is 7.05 Å². The molecule has 10 nitrogen and oxygen atoms in total. The van der Waals surface area contributed by atoms with Crippen LogP contribution in [0.2, 0.25) is 0 Å². The molecule has 1 aromatic rings. The number of carbonyl (C=O) groups is 3. The predicted molar refractivity (Wildman–Crippen MR) is 145 cm³/mol. The quantitative estimate of drug-likeness (QED) is 0.322. The molecule has 0 unspecified atom stereocenters. The van der Waals surface area contributed by atoms with Gasteiger partial charge in [0.1, 0.15) is 28.7 Å². The number of rotatable bonds is 5. The summed E-state index contributed by atoms with van der Waals surface area (Å²) >= 11 is 0. The van der Waals surface area contributed by atoms with Crippen molar-refractivity contribution in [2.45, 2.75) is 50.9 Å². The molecule has 3 aliphatic carbocycles. The Morgan fingerprint density at radius 1 is 1.18 bits per heavy atom. The minimum Gasteiger partial charge on any atom is -0.508 e. The first-order valence-corrected chi connectivity index (χ1v) is 12.0. The SMILES string of the molecule is CC(C)N(C)Cc1cc(O)c2c(c1F)C[C@H]1C[C@H]3[C@H](N(C)C)C(=O)C(C(N)=O)=C(O)[C@@]3(O)C(=O)C1=C2O.Cl.Cl. The number of hydrogen-bond acceptors (Lipinski definition) is 9. The van der Waals surface area contributed by atoms with Gasteiger partial charge >= 0.3 is 0 Å². The summed E-state index contributed by atoms with van der Waals surface area (Å²) in [6.45, 7) is 4.07. The highest BCUT2D eigenvalue weighted by molar-refractivity contribution is 6.24. The maximum Gasteiger partial charge on any atom is 0.255 e. The van der Waals surface area contributed by atoms with Crippen LogP contribution in [0.15, 0.2) is 23.0 Å². The van der Waals surface area contributed by atoms with Crippen molar-refractivity contribution in [3.05, 3.63) is 45.5 Å². The Morgan fingerprint density at radius 3 is 2.28 bits per heavy atom. The number of Topliss-reactive ketones (excluding diaryl/α,β-unsaturated/α-hetero) is 2. The number of ketones is 2. The Morgan fingerprint density at radius 2 is 1.77 bits per heavy atom. The second-order valence-electron chi connectivity index (χ2n) is 10.7. The minimum absolute atomic E-state index is 0. The summed E-state index contributed by atoms with van der Waals surface area (Å²) in [7, 11) is 4.84. The van der Waals surface area contributed by atoms with E-state index in [4.69, 9.17) is 5.73 Å². The largest absolute Gasteiger partial charge is 0.508 e. The molecule has 0 aromatic heterocycles. The Labute approximate surface area is 237 Å². The Balaban J connectivity index is 0.00000267. The number of phenolic OH excluding ortho intramolecular Hbond substituents is 1. The van der Waals surface area contributed by atoms with Crippen LogP contribution in [0.1, 0.15) is 37.0 Å². The van der Waals surface area contributed by atoms with Crippen LogP contribution in [0.3, 0.4) is 0 Å². The number of primary amides is 1. The highest BCUT2D eigenvalue weighted by Crippen LogP contribution is 2.53. The smallest absolute Gasteiger partial charge is 0.255 e. The van der Waals surface area contributed by atoms with Crippen molar-refractivity contribution in [3.8, 4) is 5.75 Å². The number of nitrogens with zero attached hydrogens (tertiary/aromatic N) is 2. The van der Waals surface area contributed by atoms with Crippen molar-refractivity contribution in [1.82, 2.24) is 9.80 Å². The number of carbonyl (C=O) groups excluding carboxylic acids is 3. The summed E-state index contributed by atoms with van der Waals surface area (Å²) in [6, 6.07) is 0.101. The van der Waals surface area contributed by atoms with Crippen LogP contribution in [-0.4, -0.2) is 86.5 Å². The molecule has 1 aromatic carbocycles. The topological polar surface area (TPSA) is 165 Å².